The summed E-state index contributed by atoms with van der Waals surface area (Å²) >= 11 is 0. The van der Waals surface area contributed by atoms with E-state index >= 15 is 0 Å². The third-order valence-electron chi connectivity index (χ3n) is 2.86. The van der Waals surface area contributed by atoms with Crippen molar-refractivity contribution in [2.75, 3.05) is 6.54 Å². The van der Waals surface area contributed by atoms with Crippen LogP contribution in [-0.4, -0.2) is 23.4 Å². The Kier molecular flexibility index (Phi) is 4.18. The molecule has 0 aliphatic carbocycles. The van der Waals surface area contributed by atoms with Crippen LogP contribution in [0.15, 0.2) is 12.2 Å². The molecule has 1 heterocycles. The number of carbonyl (C=O) groups excluding carboxylic acids is 1. The fraction of sp³-hybridized carbons (Fsp3) is 0.750. The summed E-state index contributed by atoms with van der Waals surface area (Å²) in [4.78, 5) is 13.7. The lowest BCUT2D eigenvalue weighted by molar-refractivity contribution is -0.126. The molecule has 1 aliphatic rings. The lowest BCUT2D eigenvalue weighted by Gasteiger charge is -2.23. The summed E-state index contributed by atoms with van der Waals surface area (Å²) in [5.74, 6) is 0.192. The van der Waals surface area contributed by atoms with Crippen molar-refractivity contribution in [3.05, 3.63) is 12.2 Å². The van der Waals surface area contributed by atoms with Gasteiger partial charge in [0.05, 0.1) is 0 Å². The molecule has 0 radical (unpaired) electrons. The molecule has 80 valence electrons. The molecule has 0 aromatic heterocycles. The second kappa shape index (κ2) is 5.18. The number of hydrogen-bond donors (Lipinski definition) is 0. The summed E-state index contributed by atoms with van der Waals surface area (Å²) in [6.07, 6.45) is 5.41. The van der Waals surface area contributed by atoms with Crippen molar-refractivity contribution in [3.63, 3.8) is 0 Å². The molecule has 2 heteroatoms. The van der Waals surface area contributed by atoms with Gasteiger partial charge in [-0.15, -0.1) is 0 Å². The lowest BCUT2D eigenvalue weighted by atomic mass is 10.1. The van der Waals surface area contributed by atoms with Crippen LogP contribution in [0, 0.1) is 0 Å². The van der Waals surface area contributed by atoms with Gasteiger partial charge < -0.3 is 4.90 Å². The number of carbonyl (C=O) groups is 1. The van der Waals surface area contributed by atoms with Gasteiger partial charge in [0.1, 0.15) is 0 Å². The van der Waals surface area contributed by atoms with Crippen molar-refractivity contribution in [1.29, 1.82) is 0 Å². The van der Waals surface area contributed by atoms with Gasteiger partial charge in [-0.05, 0) is 19.3 Å². The van der Waals surface area contributed by atoms with E-state index in [2.05, 4.69) is 20.4 Å². The molecule has 14 heavy (non-hydrogen) atoms. The Morgan fingerprint density at radius 2 is 2.14 bits per heavy atom. The molecule has 1 aliphatic heterocycles. The van der Waals surface area contributed by atoms with Crippen LogP contribution >= 0.6 is 0 Å². The Morgan fingerprint density at radius 1 is 1.43 bits per heavy atom. The maximum atomic E-state index is 11.7. The largest absolute Gasteiger partial charge is 0.336 e. The van der Waals surface area contributed by atoms with Gasteiger partial charge in [0.15, 0.2) is 0 Å². The van der Waals surface area contributed by atoms with Crippen molar-refractivity contribution >= 4 is 5.91 Å². The number of rotatable bonds is 5. The fourth-order valence-electron chi connectivity index (χ4n) is 2.05. The average molecular weight is 195 g/mol. The van der Waals surface area contributed by atoms with Crippen LogP contribution in [0.5, 0.6) is 0 Å². The summed E-state index contributed by atoms with van der Waals surface area (Å²) in [6, 6.07) is 0.437. The minimum Gasteiger partial charge on any atom is -0.336 e. The number of amides is 1. The summed E-state index contributed by atoms with van der Waals surface area (Å²) < 4.78 is 0. The maximum Gasteiger partial charge on any atom is 0.249 e. The Labute approximate surface area is 87.0 Å². The molecule has 1 rings (SSSR count). The number of likely N-dealkylation sites (tertiary alicyclic amines) is 1. The second-order valence-corrected chi connectivity index (χ2v) is 4.10. The first-order valence-corrected chi connectivity index (χ1v) is 5.69. The predicted molar refractivity (Wildman–Crippen MR) is 59.1 cm³/mol. The molecular formula is C12H21NO. The van der Waals surface area contributed by atoms with E-state index in [1.54, 1.807) is 0 Å². The topological polar surface area (TPSA) is 20.3 Å². The van der Waals surface area contributed by atoms with Crippen LogP contribution in [0.2, 0.25) is 0 Å². The van der Waals surface area contributed by atoms with E-state index < -0.39 is 0 Å². The third kappa shape index (κ3) is 2.37. The minimum absolute atomic E-state index is 0.192. The van der Waals surface area contributed by atoms with Gasteiger partial charge in [-0.25, -0.2) is 0 Å². The molecular weight excluding hydrogens is 174 g/mol. The number of nitrogens with zero attached hydrogens (tertiary/aromatic N) is 1. The Balaban J connectivity index is 2.56. The van der Waals surface area contributed by atoms with Gasteiger partial charge >= 0.3 is 0 Å². The summed E-state index contributed by atoms with van der Waals surface area (Å²) in [5.41, 5.74) is 0.805. The molecule has 1 amide bonds. The van der Waals surface area contributed by atoms with Gasteiger partial charge in [0, 0.05) is 18.2 Å². The highest BCUT2D eigenvalue weighted by Gasteiger charge is 2.32. The van der Waals surface area contributed by atoms with Crippen molar-refractivity contribution in [1.82, 2.24) is 4.90 Å². The van der Waals surface area contributed by atoms with Crippen LogP contribution < -0.4 is 0 Å². The molecule has 0 bridgehead atoms. The smallest absolute Gasteiger partial charge is 0.249 e. The van der Waals surface area contributed by atoms with Crippen LogP contribution in [0.1, 0.15) is 46.0 Å². The van der Waals surface area contributed by atoms with E-state index in [-0.39, 0.29) is 5.91 Å². The van der Waals surface area contributed by atoms with Crippen molar-refractivity contribution in [2.45, 2.75) is 52.0 Å². The van der Waals surface area contributed by atoms with Crippen LogP contribution in [0.25, 0.3) is 0 Å². The van der Waals surface area contributed by atoms with Gasteiger partial charge in [0.2, 0.25) is 5.91 Å². The van der Waals surface area contributed by atoms with E-state index in [9.17, 15) is 4.79 Å². The zero-order valence-electron chi connectivity index (χ0n) is 9.38. The molecule has 0 N–H and O–H groups in total. The third-order valence-corrected chi connectivity index (χ3v) is 2.86. The molecule has 0 spiro atoms. The predicted octanol–water partition coefficient (Wildman–Crippen LogP) is 2.74. The van der Waals surface area contributed by atoms with E-state index in [4.69, 9.17) is 0 Å². The van der Waals surface area contributed by atoms with Crippen LogP contribution in [-0.2, 0) is 4.79 Å². The molecule has 0 aromatic rings. The van der Waals surface area contributed by atoms with Crippen LogP contribution in [0.3, 0.4) is 0 Å². The average Bonchev–Trinajstić information content (AvgIpc) is 2.42. The quantitative estimate of drug-likeness (QED) is 0.618. The molecule has 1 fully saturated rings. The van der Waals surface area contributed by atoms with E-state index in [0.29, 0.717) is 6.04 Å². The monoisotopic (exact) mass is 195 g/mol. The number of unbranched alkanes of at least 4 members (excludes halogenated alkanes) is 1. The van der Waals surface area contributed by atoms with E-state index in [1.165, 1.54) is 0 Å². The highest BCUT2D eigenvalue weighted by molar-refractivity contribution is 5.95. The van der Waals surface area contributed by atoms with Gasteiger partial charge in [-0.2, -0.15) is 0 Å². The molecule has 0 saturated carbocycles. The van der Waals surface area contributed by atoms with Crippen molar-refractivity contribution in [3.8, 4) is 0 Å². The maximum absolute atomic E-state index is 11.7. The normalized spacial score (nSPS) is 22.1. The molecule has 0 aromatic carbocycles. The molecule has 1 saturated heterocycles. The van der Waals surface area contributed by atoms with E-state index in [0.717, 1.165) is 44.2 Å². The lowest BCUT2D eigenvalue weighted by Crippen LogP contribution is -2.33. The van der Waals surface area contributed by atoms with Crippen LogP contribution in [0.4, 0.5) is 0 Å². The minimum atomic E-state index is 0.192. The SMILES string of the molecule is C=C1CC(CCC)N(CCCC)C1=O. The summed E-state index contributed by atoms with van der Waals surface area (Å²) in [5, 5.41) is 0. The van der Waals surface area contributed by atoms with Gasteiger partial charge in [-0.1, -0.05) is 33.3 Å². The Hall–Kier alpha value is -0.790. The van der Waals surface area contributed by atoms with Crippen molar-refractivity contribution in [2.24, 2.45) is 0 Å². The summed E-state index contributed by atoms with van der Waals surface area (Å²) in [7, 11) is 0. The number of hydrogen-bond acceptors (Lipinski definition) is 1. The molecule has 1 atom stereocenters. The first-order chi connectivity index (χ1) is 6.70. The zero-order valence-corrected chi connectivity index (χ0v) is 9.38. The zero-order chi connectivity index (χ0) is 10.6. The molecule has 2 nitrogen and oxygen atoms in total. The first kappa shape index (κ1) is 11.3. The Morgan fingerprint density at radius 3 is 2.71 bits per heavy atom. The van der Waals surface area contributed by atoms with E-state index in [1.807, 2.05) is 4.90 Å². The van der Waals surface area contributed by atoms with Gasteiger partial charge in [0.25, 0.3) is 0 Å². The molecule has 1 unspecified atom stereocenters. The highest BCUT2D eigenvalue weighted by Crippen LogP contribution is 2.26. The Bertz CT molecular complexity index is 222. The van der Waals surface area contributed by atoms with Crippen molar-refractivity contribution < 1.29 is 4.79 Å². The summed E-state index contributed by atoms with van der Waals surface area (Å²) in [6.45, 7) is 9.08. The highest BCUT2D eigenvalue weighted by atomic mass is 16.2. The second-order valence-electron chi connectivity index (χ2n) is 4.10. The standard InChI is InChI=1S/C12H21NO/c1-4-6-8-13-11(7-5-2)9-10(3)12(13)14/h11H,3-9H2,1-2H3. The van der Waals surface area contributed by atoms with Gasteiger partial charge in [-0.3, -0.25) is 4.79 Å². The first-order valence-electron chi connectivity index (χ1n) is 5.69. The fourth-order valence-corrected chi connectivity index (χ4v) is 2.05.